The van der Waals surface area contributed by atoms with E-state index in [-0.39, 0.29) is 0 Å². The molecule has 148 valence electrons. The number of rotatable bonds is 8. The Morgan fingerprint density at radius 3 is 2.63 bits per heavy atom. The van der Waals surface area contributed by atoms with Gasteiger partial charge in [-0.2, -0.15) is 5.10 Å². The molecule has 2 N–H and O–H groups in total. The van der Waals surface area contributed by atoms with Crippen LogP contribution in [-0.4, -0.2) is 45.9 Å². The van der Waals surface area contributed by atoms with Gasteiger partial charge >= 0.3 is 0 Å². The predicted octanol–water partition coefficient (Wildman–Crippen LogP) is 3.28. The van der Waals surface area contributed by atoms with Crippen molar-refractivity contribution < 1.29 is 5.11 Å². The number of nitrogens with one attached hydrogen (secondary N) is 1. The van der Waals surface area contributed by atoms with E-state index in [4.69, 9.17) is 4.99 Å². The number of aryl methyl sites for hydroxylation is 2. The van der Waals surface area contributed by atoms with Crippen LogP contribution in [0.4, 0.5) is 0 Å². The van der Waals surface area contributed by atoms with Crippen LogP contribution in [0.5, 0.6) is 5.75 Å². The summed E-state index contributed by atoms with van der Waals surface area (Å²) in [5, 5.41) is 17.3. The lowest BCUT2D eigenvalue weighted by atomic mass is 10.1. The van der Waals surface area contributed by atoms with Crippen LogP contribution in [0.2, 0.25) is 0 Å². The van der Waals surface area contributed by atoms with Gasteiger partial charge in [0.1, 0.15) is 5.75 Å². The first-order valence-electron chi connectivity index (χ1n) is 9.70. The second kappa shape index (κ2) is 10.00. The summed E-state index contributed by atoms with van der Waals surface area (Å²) >= 11 is 0. The number of guanidine groups is 1. The van der Waals surface area contributed by atoms with Crippen molar-refractivity contribution >= 4 is 5.96 Å². The van der Waals surface area contributed by atoms with Gasteiger partial charge in [-0.1, -0.05) is 26.0 Å². The Hall–Kier alpha value is -2.50. The molecule has 0 unspecified atom stereocenters. The molecule has 0 saturated carbocycles. The van der Waals surface area contributed by atoms with Crippen molar-refractivity contribution in [3.63, 3.8) is 0 Å². The first-order chi connectivity index (χ1) is 12.9. The van der Waals surface area contributed by atoms with E-state index in [9.17, 15) is 5.11 Å². The molecule has 6 nitrogen and oxygen atoms in total. The third kappa shape index (κ3) is 6.31. The standard InChI is InChI=1S/C21H33N5O/c1-6-22-21(23-13-7-8-17-9-11-19(27)12-10-17)25(4)14-18-15-26(5)24-20(18)16(2)3/h9-12,15-16,27H,6-8,13-14H2,1-5H3,(H,22,23). The molecule has 0 aliphatic heterocycles. The van der Waals surface area contributed by atoms with Crippen LogP contribution < -0.4 is 5.32 Å². The zero-order chi connectivity index (χ0) is 19.8. The molecule has 0 amide bonds. The molecule has 1 aromatic heterocycles. The minimum atomic E-state index is 0.309. The van der Waals surface area contributed by atoms with Crippen LogP contribution in [0.3, 0.4) is 0 Å². The summed E-state index contributed by atoms with van der Waals surface area (Å²) in [6.45, 7) is 8.82. The van der Waals surface area contributed by atoms with Crippen molar-refractivity contribution in [3.8, 4) is 5.75 Å². The molecular formula is C21H33N5O. The smallest absolute Gasteiger partial charge is 0.193 e. The maximum absolute atomic E-state index is 9.36. The van der Waals surface area contributed by atoms with E-state index < -0.39 is 0 Å². The lowest BCUT2D eigenvalue weighted by Gasteiger charge is -2.22. The van der Waals surface area contributed by atoms with Crippen LogP contribution in [0.15, 0.2) is 35.5 Å². The normalized spacial score (nSPS) is 11.9. The van der Waals surface area contributed by atoms with Crippen molar-refractivity contribution in [3.05, 3.63) is 47.3 Å². The Balaban J connectivity index is 1.96. The van der Waals surface area contributed by atoms with Gasteiger partial charge in [-0.15, -0.1) is 0 Å². The van der Waals surface area contributed by atoms with Crippen molar-refractivity contribution in [2.45, 2.75) is 46.1 Å². The number of aromatic hydroxyl groups is 1. The van der Waals surface area contributed by atoms with E-state index in [1.54, 1.807) is 12.1 Å². The van der Waals surface area contributed by atoms with E-state index in [0.29, 0.717) is 11.7 Å². The maximum Gasteiger partial charge on any atom is 0.193 e. The summed E-state index contributed by atoms with van der Waals surface area (Å²) in [5.41, 5.74) is 3.61. The van der Waals surface area contributed by atoms with E-state index in [1.165, 1.54) is 11.1 Å². The SMILES string of the molecule is CCNC(=NCCCc1ccc(O)cc1)N(C)Cc1cn(C)nc1C(C)C. The number of hydrogen-bond donors (Lipinski definition) is 2. The molecule has 0 radical (unpaired) electrons. The Kier molecular flexibility index (Phi) is 7.70. The van der Waals surface area contributed by atoms with E-state index in [2.05, 4.69) is 49.3 Å². The molecule has 2 aromatic rings. The van der Waals surface area contributed by atoms with Gasteiger partial charge in [0, 0.05) is 45.5 Å². The molecule has 2 rings (SSSR count). The minimum Gasteiger partial charge on any atom is -0.508 e. The largest absolute Gasteiger partial charge is 0.508 e. The molecule has 0 saturated heterocycles. The van der Waals surface area contributed by atoms with Gasteiger partial charge in [0.25, 0.3) is 0 Å². The third-order valence-corrected chi connectivity index (χ3v) is 4.41. The third-order valence-electron chi connectivity index (χ3n) is 4.41. The molecule has 1 aromatic carbocycles. The number of aromatic nitrogens is 2. The number of hydrogen-bond acceptors (Lipinski definition) is 3. The molecule has 0 spiro atoms. The molecule has 0 bridgehead atoms. The average Bonchev–Trinajstić information content (AvgIpc) is 2.99. The Morgan fingerprint density at radius 2 is 2.00 bits per heavy atom. The number of phenols is 1. The van der Waals surface area contributed by atoms with Gasteiger partial charge in [-0.05, 0) is 43.4 Å². The lowest BCUT2D eigenvalue weighted by molar-refractivity contribution is 0.473. The first-order valence-corrected chi connectivity index (χ1v) is 9.70. The van der Waals surface area contributed by atoms with Crippen molar-refractivity contribution in [1.29, 1.82) is 0 Å². The van der Waals surface area contributed by atoms with Gasteiger partial charge in [0.05, 0.1) is 5.69 Å². The van der Waals surface area contributed by atoms with Crippen LogP contribution in [0, 0.1) is 0 Å². The molecule has 0 atom stereocenters. The van der Waals surface area contributed by atoms with Gasteiger partial charge in [-0.25, -0.2) is 0 Å². The average molecular weight is 372 g/mol. The van der Waals surface area contributed by atoms with Gasteiger partial charge in [-0.3, -0.25) is 9.67 Å². The number of nitrogens with zero attached hydrogens (tertiary/aromatic N) is 4. The van der Waals surface area contributed by atoms with E-state index in [0.717, 1.165) is 44.1 Å². The molecule has 1 heterocycles. The highest BCUT2D eigenvalue weighted by Gasteiger charge is 2.15. The fourth-order valence-electron chi connectivity index (χ4n) is 3.09. The quantitative estimate of drug-likeness (QED) is 0.425. The number of benzene rings is 1. The van der Waals surface area contributed by atoms with Crippen LogP contribution in [-0.2, 0) is 20.0 Å². The van der Waals surface area contributed by atoms with Crippen LogP contribution >= 0.6 is 0 Å². The Labute approximate surface area is 162 Å². The van der Waals surface area contributed by atoms with Crippen LogP contribution in [0.25, 0.3) is 0 Å². The first kappa shape index (κ1) is 20.8. The van der Waals surface area contributed by atoms with Gasteiger partial charge in [0.2, 0.25) is 0 Å². The van der Waals surface area contributed by atoms with Crippen molar-refractivity contribution in [1.82, 2.24) is 20.0 Å². The molecule has 6 heteroatoms. The van der Waals surface area contributed by atoms with Crippen LogP contribution in [0.1, 0.15) is 49.9 Å². The molecule has 0 aliphatic carbocycles. The van der Waals surface area contributed by atoms with E-state index in [1.807, 2.05) is 23.9 Å². The highest BCUT2D eigenvalue weighted by molar-refractivity contribution is 5.79. The predicted molar refractivity (Wildman–Crippen MR) is 111 cm³/mol. The molecule has 0 aliphatic rings. The summed E-state index contributed by atoms with van der Waals surface area (Å²) in [6, 6.07) is 7.39. The molecule has 27 heavy (non-hydrogen) atoms. The fourth-order valence-corrected chi connectivity index (χ4v) is 3.09. The second-order valence-electron chi connectivity index (χ2n) is 7.23. The summed E-state index contributed by atoms with van der Waals surface area (Å²) in [7, 11) is 4.04. The van der Waals surface area contributed by atoms with Gasteiger partial charge < -0.3 is 15.3 Å². The summed E-state index contributed by atoms with van der Waals surface area (Å²) in [5.74, 6) is 1.63. The topological polar surface area (TPSA) is 65.7 Å². The summed E-state index contributed by atoms with van der Waals surface area (Å²) in [6.07, 6.45) is 4.02. The lowest BCUT2D eigenvalue weighted by Crippen LogP contribution is -2.38. The minimum absolute atomic E-state index is 0.309. The molecular weight excluding hydrogens is 338 g/mol. The summed E-state index contributed by atoms with van der Waals surface area (Å²) < 4.78 is 1.89. The van der Waals surface area contributed by atoms with Gasteiger partial charge in [0.15, 0.2) is 5.96 Å². The highest BCUT2D eigenvalue weighted by Crippen LogP contribution is 2.18. The number of phenolic OH excluding ortho intramolecular Hbond substituents is 1. The van der Waals surface area contributed by atoms with Crippen molar-refractivity contribution in [2.24, 2.45) is 12.0 Å². The fraction of sp³-hybridized carbons (Fsp3) is 0.524. The second-order valence-corrected chi connectivity index (χ2v) is 7.23. The Bertz CT molecular complexity index is 734. The molecule has 0 fully saturated rings. The monoisotopic (exact) mass is 371 g/mol. The highest BCUT2D eigenvalue weighted by atomic mass is 16.3. The zero-order valence-electron chi connectivity index (χ0n) is 17.2. The van der Waals surface area contributed by atoms with Crippen molar-refractivity contribution in [2.75, 3.05) is 20.1 Å². The van der Waals surface area contributed by atoms with E-state index >= 15 is 0 Å². The number of aliphatic imine (C=N–C) groups is 1. The maximum atomic E-state index is 9.36. The zero-order valence-corrected chi connectivity index (χ0v) is 17.2. The Morgan fingerprint density at radius 1 is 1.30 bits per heavy atom. The summed E-state index contributed by atoms with van der Waals surface area (Å²) in [4.78, 5) is 6.94.